The largest absolute Gasteiger partial charge is 0.459 e. The molecule has 3 aliphatic rings. The van der Waals surface area contributed by atoms with Gasteiger partial charge >= 0.3 is 5.97 Å². The smallest absolute Gasteiger partial charge is 0.311 e. The number of halogens is 1. The summed E-state index contributed by atoms with van der Waals surface area (Å²) in [5.74, 6) is -2.57. The monoisotopic (exact) mass is 1070 g/mol. The number of hydrogen-bond donors (Lipinski definition) is 4. The Hall–Kier alpha value is -3.57. The minimum absolute atomic E-state index is 0.0167. The van der Waals surface area contributed by atoms with E-state index < -0.39 is 109 Å². The first-order valence-corrected chi connectivity index (χ1v) is 27.4. The number of benzene rings is 1. The van der Waals surface area contributed by atoms with E-state index in [1.807, 2.05) is 96.2 Å². The maximum Gasteiger partial charge on any atom is 0.311 e. The summed E-state index contributed by atoms with van der Waals surface area (Å²) in [6, 6.07) is 10.5. The van der Waals surface area contributed by atoms with E-state index in [4.69, 9.17) is 33.2 Å². The number of carbonyl (C=O) groups is 1. The molecule has 4 N–H and O–H groups in total. The van der Waals surface area contributed by atoms with Gasteiger partial charge in [-0.3, -0.25) is 9.78 Å². The van der Waals surface area contributed by atoms with Gasteiger partial charge in [0.15, 0.2) is 12.6 Å². The number of carbonyl (C=O) groups excluding carboxylic acids is 1. The third kappa shape index (κ3) is 14.4. The molecule has 1 aromatic carbocycles. The van der Waals surface area contributed by atoms with Crippen molar-refractivity contribution in [3.63, 3.8) is 0 Å². The van der Waals surface area contributed by atoms with Gasteiger partial charge in [-0.05, 0) is 112 Å². The summed E-state index contributed by atoms with van der Waals surface area (Å²) in [7, 11) is 6.99. The van der Waals surface area contributed by atoms with Crippen LogP contribution in [0.25, 0.3) is 11.1 Å². The Morgan fingerprint density at radius 1 is 0.921 bits per heavy atom. The van der Waals surface area contributed by atoms with Crippen molar-refractivity contribution >= 4 is 5.97 Å². The molecule has 0 saturated carbocycles. The first-order valence-electron chi connectivity index (χ1n) is 27.4. The average Bonchev–Trinajstić information content (AvgIpc) is 3.86. The van der Waals surface area contributed by atoms with Gasteiger partial charge in [-0.25, -0.2) is 9.07 Å². The van der Waals surface area contributed by atoms with E-state index in [2.05, 4.69) is 20.2 Å². The zero-order valence-electron chi connectivity index (χ0n) is 47.8. The quantitative estimate of drug-likeness (QED) is 0.114. The van der Waals surface area contributed by atoms with E-state index in [9.17, 15) is 29.6 Å². The number of nitrogens with zero attached hydrogens (tertiary/aromatic N) is 6. The van der Waals surface area contributed by atoms with Crippen LogP contribution < -0.4 is 0 Å². The first-order chi connectivity index (χ1) is 35.8. The Balaban J connectivity index is 1.23. The lowest BCUT2D eigenvalue weighted by atomic mass is 9.77. The number of esters is 1. The Morgan fingerprint density at radius 2 is 1.61 bits per heavy atom. The van der Waals surface area contributed by atoms with E-state index in [-0.39, 0.29) is 37.3 Å². The summed E-state index contributed by atoms with van der Waals surface area (Å²) in [4.78, 5) is 23.1. The van der Waals surface area contributed by atoms with Crippen molar-refractivity contribution in [3.05, 3.63) is 65.7 Å². The van der Waals surface area contributed by atoms with Crippen molar-refractivity contribution in [2.24, 2.45) is 17.8 Å². The highest BCUT2D eigenvalue weighted by Gasteiger charge is 2.52. The fourth-order valence-corrected chi connectivity index (χ4v) is 12.0. The number of likely N-dealkylation sites (N-methyl/N-ethyl adjacent to an activating group) is 2. The summed E-state index contributed by atoms with van der Waals surface area (Å²) in [6.45, 7) is 20.2. The van der Waals surface area contributed by atoms with Gasteiger partial charge < -0.3 is 63.4 Å². The summed E-state index contributed by atoms with van der Waals surface area (Å²) >= 11 is 0. The van der Waals surface area contributed by atoms with Crippen molar-refractivity contribution in [3.8, 4) is 11.1 Å². The molecule has 76 heavy (non-hydrogen) atoms. The van der Waals surface area contributed by atoms with Crippen LogP contribution in [0.1, 0.15) is 130 Å². The maximum atomic E-state index is 14.9. The summed E-state index contributed by atoms with van der Waals surface area (Å²) in [6.07, 6.45) is -2.73. The molecule has 2 aromatic heterocycles. The summed E-state index contributed by atoms with van der Waals surface area (Å²) in [5.41, 5.74) is 0.0189. The van der Waals surface area contributed by atoms with E-state index in [1.165, 1.54) is 14.0 Å². The third-order valence-electron chi connectivity index (χ3n) is 16.9. The SMILES string of the molecule is CC[C@H]1OC(=O)[C@H](C)[C@@H](O[C@H]2C[C@@](C)(OC)[C@@H](O)[C@H](C)O2)[C@H](C)[C@@H](O[C@H]2C[C@@H](N(C)CCc3cn([C@H](CF)[C@H](OC)c4ccc(-c5ccc(C)nc5)cc4)nn3)C[C@@H](C)O2)[C@](C)(O)C[C@@H](C)CN(C)[C@H](C)[C@@H](O)[C@]1(C)O. The van der Waals surface area contributed by atoms with Gasteiger partial charge in [-0.2, -0.15) is 0 Å². The van der Waals surface area contributed by atoms with Crippen LogP contribution in [0.15, 0.2) is 48.8 Å². The number of ether oxygens (including phenoxy) is 7. The molecule has 5 heterocycles. The molecule has 0 unspecified atom stereocenters. The highest BCUT2D eigenvalue weighted by Crippen LogP contribution is 2.41. The average molecular weight is 1070 g/mol. The number of aliphatic hydroxyl groups excluding tert-OH is 2. The normalized spacial score (nSPS) is 37.5. The molecule has 19 atom stereocenters. The Labute approximate surface area is 450 Å². The number of aliphatic hydroxyl groups is 4. The van der Waals surface area contributed by atoms with E-state index in [0.29, 0.717) is 38.0 Å². The van der Waals surface area contributed by atoms with Gasteiger partial charge in [0, 0.05) is 88.2 Å². The van der Waals surface area contributed by atoms with Crippen molar-refractivity contribution in [1.82, 2.24) is 29.8 Å². The van der Waals surface area contributed by atoms with Crippen molar-refractivity contribution in [2.45, 2.75) is 211 Å². The van der Waals surface area contributed by atoms with Gasteiger partial charge in [-0.15, -0.1) is 5.10 Å². The molecule has 3 fully saturated rings. The molecule has 0 bridgehead atoms. The molecule has 18 nitrogen and oxygen atoms in total. The van der Waals surface area contributed by atoms with Crippen molar-refractivity contribution < 1.29 is 62.8 Å². The summed E-state index contributed by atoms with van der Waals surface area (Å²) in [5, 5.41) is 56.4. The molecule has 3 saturated heterocycles. The van der Waals surface area contributed by atoms with E-state index in [0.717, 1.165) is 22.4 Å². The van der Waals surface area contributed by atoms with Gasteiger partial charge in [-0.1, -0.05) is 56.3 Å². The number of alkyl halides is 1. The lowest BCUT2D eigenvalue weighted by Crippen LogP contribution is -2.59. The van der Waals surface area contributed by atoms with E-state index >= 15 is 0 Å². The molecular formula is C57H91FN6O12. The molecular weight excluding hydrogens is 980 g/mol. The minimum atomic E-state index is -1.82. The third-order valence-corrected chi connectivity index (χ3v) is 16.9. The highest BCUT2D eigenvalue weighted by molar-refractivity contribution is 5.73. The van der Waals surface area contributed by atoms with Crippen LogP contribution >= 0.6 is 0 Å². The number of aryl methyl sites for hydroxylation is 1. The number of pyridine rings is 1. The molecule has 0 aliphatic carbocycles. The van der Waals surface area contributed by atoms with Gasteiger partial charge in [0.05, 0.1) is 47.2 Å². The van der Waals surface area contributed by atoms with E-state index in [1.54, 1.807) is 52.6 Å². The van der Waals surface area contributed by atoms with Crippen LogP contribution in [0.3, 0.4) is 0 Å². The van der Waals surface area contributed by atoms with Crippen molar-refractivity contribution in [2.75, 3.05) is 48.1 Å². The lowest BCUT2D eigenvalue weighted by Gasteiger charge is -2.48. The number of methoxy groups -OCH3 is 2. The predicted octanol–water partition coefficient (Wildman–Crippen LogP) is 6.40. The molecule has 428 valence electrons. The standard InChI is InChI=1S/C57H91FN6O12/c1-16-46-57(11,69)51(65)38(7)63(13)31-33(2)27-55(9,68)53(36(5)49(37(6)54(67)74-46)75-48-28-56(10,71-15)52(66)39(8)73-48)76-47-26-44(25-35(4)72-47)62(12)24-23-43-32-64(61-60-43)45(29-58)50(70-14)41-21-19-40(20-22-41)42-18-17-34(3)59-30-42/h17-22,30,32-33,35-39,44-53,65-66,68-69H,16,23-29,31H2,1-15H3/t33-,35-,36+,37-,38-,39+,44+,45-,46-,47+,48+,49+,50-,51-,52+,53-,55-,56-,57-/m1/s1. The fraction of sp³-hybridized carbons (Fsp3) is 0.754. The maximum absolute atomic E-state index is 14.9. The van der Waals surface area contributed by atoms with Gasteiger partial charge in [0.2, 0.25) is 0 Å². The second kappa shape index (κ2) is 26.1. The molecule has 0 radical (unpaired) electrons. The molecule has 0 spiro atoms. The predicted molar refractivity (Wildman–Crippen MR) is 285 cm³/mol. The topological polar surface area (TPSA) is 213 Å². The second-order valence-electron chi connectivity index (χ2n) is 23.2. The lowest BCUT2D eigenvalue weighted by molar-refractivity contribution is -0.308. The molecule has 19 heteroatoms. The minimum Gasteiger partial charge on any atom is -0.459 e. The van der Waals surface area contributed by atoms with Crippen LogP contribution in [0.5, 0.6) is 0 Å². The van der Waals surface area contributed by atoms with Gasteiger partial charge in [0.25, 0.3) is 0 Å². The van der Waals surface area contributed by atoms with Crippen LogP contribution in [0.4, 0.5) is 4.39 Å². The number of hydrogen-bond acceptors (Lipinski definition) is 17. The van der Waals surface area contributed by atoms with Crippen LogP contribution in [0.2, 0.25) is 0 Å². The fourth-order valence-electron chi connectivity index (χ4n) is 12.0. The Kier molecular flexibility index (Phi) is 21.2. The molecule has 0 amide bonds. The Morgan fingerprint density at radius 3 is 2.22 bits per heavy atom. The number of aromatic nitrogens is 4. The number of cyclic esters (lactones) is 1. The van der Waals surface area contributed by atoms with Gasteiger partial charge in [0.1, 0.15) is 42.7 Å². The summed E-state index contributed by atoms with van der Waals surface area (Å²) < 4.78 is 61.1. The van der Waals surface area contributed by atoms with Crippen molar-refractivity contribution in [1.29, 1.82) is 0 Å². The zero-order valence-corrected chi connectivity index (χ0v) is 47.8. The molecule has 6 rings (SSSR count). The number of rotatable bonds is 16. The first kappa shape index (κ1) is 61.6. The van der Waals surface area contributed by atoms with Crippen LogP contribution in [-0.4, -0.2) is 188 Å². The van der Waals surface area contributed by atoms with Crippen LogP contribution in [0, 0.1) is 24.7 Å². The highest BCUT2D eigenvalue weighted by atomic mass is 19.1. The second-order valence-corrected chi connectivity index (χ2v) is 23.2. The molecule has 3 aromatic rings. The van der Waals surface area contributed by atoms with Crippen LogP contribution in [-0.2, 0) is 44.4 Å². The zero-order chi connectivity index (χ0) is 56.0. The Bertz CT molecular complexity index is 2280. The molecule has 3 aliphatic heterocycles.